The average molecular weight is 309 g/mol. The highest BCUT2D eigenvalue weighted by atomic mass is 16.1. The lowest BCUT2D eigenvalue weighted by Crippen LogP contribution is -2.31. The van der Waals surface area contributed by atoms with Crippen molar-refractivity contribution in [3.8, 4) is 0 Å². The molecule has 118 valence electrons. The molecule has 0 bridgehead atoms. The van der Waals surface area contributed by atoms with Gasteiger partial charge in [-0.15, -0.1) is 0 Å². The highest BCUT2D eigenvalue weighted by molar-refractivity contribution is 5.99. The molecule has 1 aliphatic heterocycles. The van der Waals surface area contributed by atoms with Crippen molar-refractivity contribution in [2.45, 2.75) is 25.3 Å². The molecule has 1 N–H and O–H groups in total. The Morgan fingerprint density at radius 1 is 1.22 bits per heavy atom. The van der Waals surface area contributed by atoms with Crippen molar-refractivity contribution in [1.82, 2.24) is 14.8 Å². The second-order valence-corrected chi connectivity index (χ2v) is 6.21. The molecule has 0 radical (unpaired) electrons. The first-order valence-electron chi connectivity index (χ1n) is 7.85. The number of hydrogen-bond donors (Lipinski definition) is 1. The Morgan fingerprint density at radius 2 is 2.00 bits per heavy atom. The van der Waals surface area contributed by atoms with Gasteiger partial charge in [-0.05, 0) is 30.5 Å². The number of Topliss-reactive ketones (excluding diaryl/α,β-unsaturated/α-hetero) is 1. The van der Waals surface area contributed by atoms with Crippen LogP contribution in [0.25, 0.3) is 0 Å². The first-order valence-corrected chi connectivity index (χ1v) is 7.85. The predicted octanol–water partition coefficient (Wildman–Crippen LogP) is 2.37. The standard InChI is InChI=1S/C17H19N5O/c1-21(2)12-8-6-11(7-9-12)16-15-13(4-3-5-14(15)23)20-17-18-10-19-22(16)17/h6-10,16H,3-5H2,1-2H3,(H,18,19,20)/t16-/m1/s1. The number of benzene rings is 1. The highest BCUT2D eigenvalue weighted by Crippen LogP contribution is 2.39. The third kappa shape index (κ3) is 2.21. The quantitative estimate of drug-likeness (QED) is 0.922. The van der Waals surface area contributed by atoms with Crippen LogP contribution in [0.5, 0.6) is 0 Å². The van der Waals surface area contributed by atoms with Crippen molar-refractivity contribution in [1.29, 1.82) is 0 Å². The van der Waals surface area contributed by atoms with E-state index in [4.69, 9.17) is 0 Å². The second kappa shape index (κ2) is 5.22. The van der Waals surface area contributed by atoms with Crippen LogP contribution in [0.15, 0.2) is 41.9 Å². The van der Waals surface area contributed by atoms with Crippen LogP contribution in [0, 0.1) is 0 Å². The second-order valence-electron chi connectivity index (χ2n) is 6.21. The summed E-state index contributed by atoms with van der Waals surface area (Å²) in [6.07, 6.45) is 3.93. The van der Waals surface area contributed by atoms with Gasteiger partial charge in [-0.2, -0.15) is 10.1 Å². The van der Waals surface area contributed by atoms with Gasteiger partial charge in [0, 0.05) is 37.5 Å². The molecule has 0 amide bonds. The molecule has 1 atom stereocenters. The summed E-state index contributed by atoms with van der Waals surface area (Å²) in [5.41, 5.74) is 4.03. The minimum atomic E-state index is -0.187. The molecule has 0 saturated heterocycles. The maximum absolute atomic E-state index is 12.6. The smallest absolute Gasteiger partial charge is 0.226 e. The summed E-state index contributed by atoms with van der Waals surface area (Å²) >= 11 is 0. The number of fused-ring (bicyclic) bond motifs is 1. The fraction of sp³-hybridized carbons (Fsp3) is 0.353. The topological polar surface area (TPSA) is 63.1 Å². The Kier molecular flexibility index (Phi) is 3.18. The number of rotatable bonds is 2. The molecule has 1 aromatic heterocycles. The van der Waals surface area contributed by atoms with Crippen LogP contribution >= 0.6 is 0 Å². The molecule has 6 heteroatoms. The summed E-state index contributed by atoms with van der Waals surface area (Å²) in [7, 11) is 4.03. The number of aromatic nitrogens is 3. The van der Waals surface area contributed by atoms with Crippen molar-refractivity contribution in [2.75, 3.05) is 24.3 Å². The molecule has 1 aromatic carbocycles. The molecule has 0 unspecified atom stereocenters. The Bertz CT molecular complexity index is 788. The van der Waals surface area contributed by atoms with Crippen LogP contribution in [0.1, 0.15) is 30.9 Å². The van der Waals surface area contributed by atoms with Gasteiger partial charge in [0.2, 0.25) is 5.95 Å². The van der Waals surface area contributed by atoms with Crippen LogP contribution < -0.4 is 10.2 Å². The van der Waals surface area contributed by atoms with Gasteiger partial charge in [-0.1, -0.05) is 12.1 Å². The van der Waals surface area contributed by atoms with Crippen LogP contribution in [0.3, 0.4) is 0 Å². The van der Waals surface area contributed by atoms with E-state index in [2.05, 4.69) is 44.6 Å². The molecular formula is C17H19N5O. The monoisotopic (exact) mass is 309 g/mol. The van der Waals surface area contributed by atoms with Gasteiger partial charge < -0.3 is 10.2 Å². The maximum Gasteiger partial charge on any atom is 0.226 e. The number of carbonyl (C=O) groups excluding carboxylic acids is 1. The lowest BCUT2D eigenvalue weighted by molar-refractivity contribution is -0.116. The Morgan fingerprint density at radius 3 is 2.74 bits per heavy atom. The molecule has 0 spiro atoms. The van der Waals surface area contributed by atoms with Gasteiger partial charge in [0.15, 0.2) is 5.78 Å². The van der Waals surface area contributed by atoms with Gasteiger partial charge >= 0.3 is 0 Å². The lowest BCUT2D eigenvalue weighted by atomic mass is 9.85. The van der Waals surface area contributed by atoms with Gasteiger partial charge in [0.1, 0.15) is 12.4 Å². The molecule has 0 saturated carbocycles. The largest absolute Gasteiger partial charge is 0.378 e. The predicted molar refractivity (Wildman–Crippen MR) is 88.4 cm³/mol. The molecule has 6 nitrogen and oxygen atoms in total. The zero-order valence-corrected chi connectivity index (χ0v) is 13.3. The van der Waals surface area contributed by atoms with E-state index < -0.39 is 0 Å². The van der Waals surface area contributed by atoms with Gasteiger partial charge in [-0.25, -0.2) is 4.68 Å². The summed E-state index contributed by atoms with van der Waals surface area (Å²) in [6, 6.07) is 8.10. The number of nitrogens with zero attached hydrogens (tertiary/aromatic N) is 4. The molecule has 2 aromatic rings. The molecule has 1 aliphatic carbocycles. The van der Waals surface area contributed by atoms with Crippen LogP contribution in [-0.2, 0) is 4.79 Å². The molecule has 0 fully saturated rings. The summed E-state index contributed by atoms with van der Waals surface area (Å²) in [5.74, 6) is 0.918. The van der Waals surface area contributed by atoms with E-state index in [0.717, 1.165) is 35.4 Å². The minimum Gasteiger partial charge on any atom is -0.378 e. The third-order valence-electron chi connectivity index (χ3n) is 4.54. The van der Waals surface area contributed by atoms with E-state index in [1.807, 2.05) is 18.8 Å². The molecule has 23 heavy (non-hydrogen) atoms. The molecule has 2 aliphatic rings. The lowest BCUT2D eigenvalue weighted by Gasteiger charge is -2.32. The van der Waals surface area contributed by atoms with Crippen molar-refractivity contribution >= 4 is 17.4 Å². The summed E-state index contributed by atoms with van der Waals surface area (Å²) in [5, 5.41) is 7.62. The summed E-state index contributed by atoms with van der Waals surface area (Å²) in [4.78, 5) is 18.9. The third-order valence-corrected chi connectivity index (χ3v) is 4.54. The van der Waals surface area contributed by atoms with Gasteiger partial charge in [-0.3, -0.25) is 4.79 Å². The van der Waals surface area contributed by atoms with E-state index in [0.29, 0.717) is 12.4 Å². The first-order chi connectivity index (χ1) is 11.1. The fourth-order valence-corrected chi connectivity index (χ4v) is 3.36. The number of carbonyl (C=O) groups is 1. The minimum absolute atomic E-state index is 0.187. The number of hydrogen-bond acceptors (Lipinski definition) is 5. The van der Waals surface area contributed by atoms with Gasteiger partial charge in [0.05, 0.1) is 0 Å². The molecular weight excluding hydrogens is 290 g/mol. The normalized spacial score (nSPS) is 19.9. The average Bonchev–Trinajstić information content (AvgIpc) is 3.01. The molecule has 4 rings (SSSR count). The number of allylic oxidation sites excluding steroid dienone is 2. The Balaban J connectivity index is 1.84. The highest BCUT2D eigenvalue weighted by Gasteiger charge is 2.35. The summed E-state index contributed by atoms with van der Waals surface area (Å²) < 4.78 is 1.81. The van der Waals surface area contributed by atoms with Crippen molar-refractivity contribution in [3.05, 3.63) is 47.4 Å². The van der Waals surface area contributed by atoms with E-state index in [1.54, 1.807) is 0 Å². The number of nitrogens with one attached hydrogen (secondary N) is 1. The zero-order chi connectivity index (χ0) is 16.0. The Labute approximate surface area is 134 Å². The summed E-state index contributed by atoms with van der Waals surface area (Å²) in [6.45, 7) is 0. The molecule has 2 heterocycles. The first kappa shape index (κ1) is 14.0. The van der Waals surface area contributed by atoms with E-state index in [1.165, 1.54) is 6.33 Å². The van der Waals surface area contributed by atoms with Crippen LogP contribution in [0.4, 0.5) is 11.6 Å². The Hall–Kier alpha value is -2.63. The van der Waals surface area contributed by atoms with Crippen molar-refractivity contribution in [2.24, 2.45) is 0 Å². The van der Waals surface area contributed by atoms with Crippen molar-refractivity contribution < 1.29 is 4.79 Å². The SMILES string of the molecule is CN(C)c1ccc([C@@H]2C3=C(CCCC3=O)Nc3ncnn32)cc1. The van der Waals surface area contributed by atoms with E-state index in [9.17, 15) is 4.79 Å². The van der Waals surface area contributed by atoms with Gasteiger partial charge in [0.25, 0.3) is 0 Å². The zero-order valence-electron chi connectivity index (χ0n) is 13.3. The fourth-order valence-electron chi connectivity index (χ4n) is 3.36. The number of anilines is 2. The van der Waals surface area contributed by atoms with E-state index >= 15 is 0 Å². The van der Waals surface area contributed by atoms with Crippen molar-refractivity contribution in [3.63, 3.8) is 0 Å². The van der Waals surface area contributed by atoms with Crippen LogP contribution in [0.2, 0.25) is 0 Å². The van der Waals surface area contributed by atoms with Crippen LogP contribution in [-0.4, -0.2) is 34.6 Å². The van der Waals surface area contributed by atoms with E-state index in [-0.39, 0.29) is 11.8 Å². The number of ketones is 1. The maximum atomic E-state index is 12.6.